The summed E-state index contributed by atoms with van der Waals surface area (Å²) in [6.45, 7) is 0. The second kappa shape index (κ2) is 9.58. The van der Waals surface area contributed by atoms with Crippen molar-refractivity contribution in [3.8, 4) is 44.8 Å². The summed E-state index contributed by atoms with van der Waals surface area (Å²) >= 11 is 0. The molecule has 2 heterocycles. The van der Waals surface area contributed by atoms with E-state index in [-0.39, 0.29) is 0 Å². The van der Waals surface area contributed by atoms with Crippen molar-refractivity contribution >= 4 is 33.0 Å². The molecule has 0 saturated heterocycles. The van der Waals surface area contributed by atoms with Crippen molar-refractivity contribution in [1.82, 2.24) is 9.97 Å². The van der Waals surface area contributed by atoms with E-state index in [4.69, 9.17) is 14.4 Å². The molecule has 0 aliphatic rings. The lowest BCUT2D eigenvalue weighted by molar-refractivity contribution is 0.670. The summed E-state index contributed by atoms with van der Waals surface area (Å²) in [6, 6.07) is 50.1. The predicted octanol–water partition coefficient (Wildman–Crippen LogP) is 10.2. The minimum Gasteiger partial charge on any atom is -0.455 e. The van der Waals surface area contributed by atoms with E-state index < -0.39 is 0 Å². The summed E-state index contributed by atoms with van der Waals surface area (Å²) < 4.78 is 6.30. The van der Waals surface area contributed by atoms with E-state index in [0.29, 0.717) is 0 Å². The Morgan fingerprint density at radius 2 is 0.951 bits per heavy atom. The van der Waals surface area contributed by atoms with Gasteiger partial charge >= 0.3 is 0 Å². The Morgan fingerprint density at radius 3 is 1.68 bits per heavy atom. The van der Waals surface area contributed by atoms with E-state index in [1.165, 1.54) is 0 Å². The van der Waals surface area contributed by atoms with Gasteiger partial charge in [0.15, 0.2) is 0 Å². The molecule has 0 radical (unpaired) electrons. The Bertz CT molecular complexity index is 2180. The summed E-state index contributed by atoms with van der Waals surface area (Å²) in [5.41, 5.74) is 11.8. The van der Waals surface area contributed by atoms with Crippen LogP contribution in [-0.2, 0) is 0 Å². The number of nitrogens with zero attached hydrogens (tertiary/aromatic N) is 2. The van der Waals surface area contributed by atoms with Crippen LogP contribution in [-0.4, -0.2) is 9.97 Å². The van der Waals surface area contributed by atoms with Gasteiger partial charge in [0.05, 0.1) is 22.4 Å². The smallest absolute Gasteiger partial charge is 0.143 e. The molecule has 8 rings (SSSR count). The average Bonchev–Trinajstić information content (AvgIpc) is 3.44. The number of hydrogen-bond acceptors (Lipinski definition) is 3. The molecule has 192 valence electrons. The van der Waals surface area contributed by atoms with Gasteiger partial charge in [-0.05, 0) is 23.3 Å². The highest BCUT2D eigenvalue weighted by molar-refractivity contribution is 6.09. The average molecular weight is 525 g/mol. The summed E-state index contributed by atoms with van der Waals surface area (Å²) in [4.78, 5) is 10.4. The summed E-state index contributed by atoms with van der Waals surface area (Å²) in [6.07, 6.45) is 0. The van der Waals surface area contributed by atoms with Crippen molar-refractivity contribution in [2.45, 2.75) is 0 Å². The number of fused-ring (bicyclic) bond motifs is 4. The van der Waals surface area contributed by atoms with Crippen molar-refractivity contribution < 1.29 is 4.42 Å². The number of para-hydroxylation sites is 3. The Balaban J connectivity index is 1.27. The number of hydrogen-bond donors (Lipinski definition) is 0. The summed E-state index contributed by atoms with van der Waals surface area (Å²) in [5, 5.41) is 2.27. The van der Waals surface area contributed by atoms with Crippen LogP contribution in [0.4, 0.5) is 0 Å². The van der Waals surface area contributed by atoms with Gasteiger partial charge in [0.2, 0.25) is 0 Å². The van der Waals surface area contributed by atoms with Gasteiger partial charge < -0.3 is 4.42 Å². The molecule has 0 bridgehead atoms. The van der Waals surface area contributed by atoms with Gasteiger partial charge in [-0.25, -0.2) is 9.97 Å². The molecule has 0 aliphatic carbocycles. The molecule has 2 aromatic heterocycles. The minimum absolute atomic E-state index is 0.872. The van der Waals surface area contributed by atoms with E-state index in [1.807, 2.05) is 54.6 Å². The highest BCUT2D eigenvalue weighted by Crippen LogP contribution is 2.38. The maximum absolute atomic E-state index is 6.30. The molecular weight excluding hydrogens is 500 g/mol. The van der Waals surface area contributed by atoms with Crippen LogP contribution < -0.4 is 0 Å². The van der Waals surface area contributed by atoms with E-state index in [1.54, 1.807) is 0 Å². The van der Waals surface area contributed by atoms with Gasteiger partial charge in [-0.3, -0.25) is 0 Å². The Labute approximate surface area is 237 Å². The largest absolute Gasteiger partial charge is 0.455 e. The predicted molar refractivity (Wildman–Crippen MR) is 169 cm³/mol. The molecular formula is C38H24N2O. The lowest BCUT2D eigenvalue weighted by Gasteiger charge is -2.13. The van der Waals surface area contributed by atoms with Gasteiger partial charge in [0.25, 0.3) is 0 Å². The zero-order valence-corrected chi connectivity index (χ0v) is 22.2. The van der Waals surface area contributed by atoms with Crippen LogP contribution in [0.3, 0.4) is 0 Å². The molecule has 0 atom stereocenters. The van der Waals surface area contributed by atoms with Crippen molar-refractivity contribution in [3.05, 3.63) is 146 Å². The lowest BCUT2D eigenvalue weighted by atomic mass is 9.97. The fraction of sp³-hybridized carbons (Fsp3) is 0. The van der Waals surface area contributed by atoms with Crippen LogP contribution in [0, 0.1) is 0 Å². The van der Waals surface area contributed by atoms with Crippen molar-refractivity contribution in [2.24, 2.45) is 0 Å². The van der Waals surface area contributed by atoms with Gasteiger partial charge in [0.1, 0.15) is 11.2 Å². The lowest BCUT2D eigenvalue weighted by Crippen LogP contribution is -1.97. The monoisotopic (exact) mass is 524 g/mol. The first-order valence-electron chi connectivity index (χ1n) is 13.8. The molecule has 0 saturated carbocycles. The van der Waals surface area contributed by atoms with Crippen LogP contribution in [0.5, 0.6) is 0 Å². The van der Waals surface area contributed by atoms with Crippen LogP contribution in [0.25, 0.3) is 77.7 Å². The van der Waals surface area contributed by atoms with Crippen molar-refractivity contribution in [2.75, 3.05) is 0 Å². The molecule has 0 N–H and O–H groups in total. The minimum atomic E-state index is 0.872. The van der Waals surface area contributed by atoms with Gasteiger partial charge in [-0.1, -0.05) is 133 Å². The first-order chi connectivity index (χ1) is 20.3. The molecule has 0 unspecified atom stereocenters. The third kappa shape index (κ3) is 3.98. The van der Waals surface area contributed by atoms with Crippen molar-refractivity contribution in [1.29, 1.82) is 0 Å². The van der Waals surface area contributed by atoms with Crippen molar-refractivity contribution in [3.63, 3.8) is 0 Å². The SMILES string of the molecule is c1ccc(-c2nc3cccc(-c4ccc(-c5cccc6c5oc5ccccc56)cc4)c3nc2-c2ccccc2)cc1. The van der Waals surface area contributed by atoms with Crippen LogP contribution >= 0.6 is 0 Å². The first-order valence-corrected chi connectivity index (χ1v) is 13.8. The maximum atomic E-state index is 6.30. The molecule has 0 spiro atoms. The van der Waals surface area contributed by atoms with Gasteiger partial charge in [0, 0.05) is 33.0 Å². The first kappa shape index (κ1) is 23.4. The maximum Gasteiger partial charge on any atom is 0.143 e. The molecule has 41 heavy (non-hydrogen) atoms. The molecule has 3 heteroatoms. The van der Waals surface area contributed by atoms with Gasteiger partial charge in [-0.15, -0.1) is 0 Å². The van der Waals surface area contributed by atoms with E-state index in [9.17, 15) is 0 Å². The van der Waals surface area contributed by atoms with E-state index in [2.05, 4.69) is 91.0 Å². The third-order valence-electron chi connectivity index (χ3n) is 7.70. The molecule has 3 nitrogen and oxygen atoms in total. The van der Waals surface area contributed by atoms with Crippen LogP contribution in [0.15, 0.2) is 150 Å². The second-order valence-electron chi connectivity index (χ2n) is 10.2. The highest BCUT2D eigenvalue weighted by Gasteiger charge is 2.16. The van der Waals surface area contributed by atoms with E-state index in [0.717, 1.165) is 77.7 Å². The summed E-state index contributed by atoms with van der Waals surface area (Å²) in [5.74, 6) is 0. The standard InChI is InChI=1S/C38H24N2O/c1-3-11-27(12-4-1)35-36(28-13-5-2-6-14-28)40-37-29(16-10-19-33(37)39-35)25-21-23-26(24-22-25)30-17-9-18-32-31-15-7-8-20-34(31)41-38(30)32/h1-24H. The molecule has 8 aromatic rings. The quantitative estimate of drug-likeness (QED) is 0.230. The fourth-order valence-corrected chi connectivity index (χ4v) is 5.71. The van der Waals surface area contributed by atoms with E-state index >= 15 is 0 Å². The third-order valence-corrected chi connectivity index (χ3v) is 7.70. The van der Waals surface area contributed by atoms with Gasteiger partial charge in [-0.2, -0.15) is 0 Å². The fourth-order valence-electron chi connectivity index (χ4n) is 5.71. The molecule has 0 amide bonds. The second-order valence-corrected chi connectivity index (χ2v) is 10.2. The molecule has 0 aliphatic heterocycles. The Morgan fingerprint density at radius 1 is 0.390 bits per heavy atom. The number of benzene rings is 6. The number of rotatable bonds is 4. The molecule has 6 aromatic carbocycles. The molecule has 0 fully saturated rings. The highest BCUT2D eigenvalue weighted by atomic mass is 16.3. The Kier molecular flexibility index (Phi) is 5.46. The normalized spacial score (nSPS) is 11.4. The summed E-state index contributed by atoms with van der Waals surface area (Å²) in [7, 11) is 0. The topological polar surface area (TPSA) is 38.9 Å². The Hall–Kier alpha value is -5.54. The van der Waals surface area contributed by atoms with Crippen LogP contribution in [0.2, 0.25) is 0 Å². The van der Waals surface area contributed by atoms with Crippen LogP contribution in [0.1, 0.15) is 0 Å². The zero-order chi connectivity index (χ0) is 27.2. The zero-order valence-electron chi connectivity index (χ0n) is 22.2. The number of aromatic nitrogens is 2. The number of furan rings is 1.